The summed E-state index contributed by atoms with van der Waals surface area (Å²) in [4.78, 5) is 17.3. The van der Waals surface area contributed by atoms with Crippen LogP contribution in [-0.2, 0) is 0 Å². The summed E-state index contributed by atoms with van der Waals surface area (Å²) < 4.78 is 17.1. The van der Waals surface area contributed by atoms with Crippen molar-refractivity contribution in [1.29, 1.82) is 0 Å². The Bertz CT molecular complexity index is 1410. The van der Waals surface area contributed by atoms with Crippen LogP contribution in [0.5, 0.6) is 11.5 Å². The van der Waals surface area contributed by atoms with Crippen molar-refractivity contribution in [3.05, 3.63) is 101 Å². The molecular formula is C26H22N4O5S. The molecule has 5 rings (SSSR count). The summed E-state index contributed by atoms with van der Waals surface area (Å²) in [6, 6.07) is 20.8. The molecule has 0 aliphatic carbocycles. The number of benzene rings is 2. The highest BCUT2D eigenvalue weighted by atomic mass is 32.1. The molecule has 1 N–H and O–H groups in total. The van der Waals surface area contributed by atoms with E-state index >= 15 is 0 Å². The Kier molecular flexibility index (Phi) is 6.26. The van der Waals surface area contributed by atoms with Crippen molar-refractivity contribution in [1.82, 2.24) is 10.3 Å². The number of methoxy groups -OCH3 is 2. The molecule has 182 valence electrons. The van der Waals surface area contributed by atoms with Crippen molar-refractivity contribution >= 4 is 28.7 Å². The van der Waals surface area contributed by atoms with Crippen molar-refractivity contribution in [2.24, 2.45) is 0 Å². The Hall–Kier alpha value is -4.44. The second-order valence-electron chi connectivity index (χ2n) is 8.04. The van der Waals surface area contributed by atoms with Gasteiger partial charge >= 0.3 is 0 Å². The lowest BCUT2D eigenvalue weighted by Crippen LogP contribution is -2.29. The Labute approximate surface area is 212 Å². The molecule has 0 spiro atoms. The highest BCUT2D eigenvalue weighted by Crippen LogP contribution is 2.44. The van der Waals surface area contributed by atoms with E-state index in [-0.39, 0.29) is 17.8 Å². The molecule has 0 amide bonds. The number of non-ortho nitro benzene ring substituents is 1. The van der Waals surface area contributed by atoms with Gasteiger partial charge in [0.15, 0.2) is 5.11 Å². The zero-order chi connectivity index (χ0) is 25.2. The van der Waals surface area contributed by atoms with Gasteiger partial charge in [-0.25, -0.2) is 0 Å². The first-order valence-electron chi connectivity index (χ1n) is 11.1. The third-order valence-electron chi connectivity index (χ3n) is 6.03. The van der Waals surface area contributed by atoms with Crippen molar-refractivity contribution in [2.75, 3.05) is 19.1 Å². The third kappa shape index (κ3) is 4.22. The van der Waals surface area contributed by atoms with Crippen LogP contribution in [0.1, 0.15) is 23.5 Å². The van der Waals surface area contributed by atoms with E-state index in [1.54, 1.807) is 19.4 Å². The van der Waals surface area contributed by atoms with E-state index in [1.807, 2.05) is 59.5 Å². The minimum Gasteiger partial charge on any atom is -0.497 e. The number of nitro benzene ring substituents is 1. The predicted molar refractivity (Wildman–Crippen MR) is 138 cm³/mol. The molecule has 0 unspecified atom stereocenters. The highest BCUT2D eigenvalue weighted by molar-refractivity contribution is 7.80. The van der Waals surface area contributed by atoms with Crippen LogP contribution < -0.4 is 19.7 Å². The van der Waals surface area contributed by atoms with Crippen molar-refractivity contribution in [3.63, 3.8) is 0 Å². The number of hydrogen-bond donors (Lipinski definition) is 1. The molecule has 0 radical (unpaired) electrons. The van der Waals surface area contributed by atoms with E-state index in [0.717, 1.165) is 17.1 Å². The number of furan rings is 1. The van der Waals surface area contributed by atoms with Gasteiger partial charge in [0.25, 0.3) is 5.69 Å². The number of ether oxygens (including phenoxy) is 2. The number of nitro groups is 1. The standard InChI is InChI=1S/C26H22N4O5S/c1-33-18-9-6-16(7-10-18)29-25(24(28-26(29)36)20-5-3-4-14-27-20)22-13-12-21(35-22)19-11-8-17(30(31)32)15-23(19)34-2/h3-15,24-25H,1-2H3,(H,28,36)/t24-,25-/m1/s1. The fourth-order valence-corrected chi connectivity index (χ4v) is 4.66. The van der Waals surface area contributed by atoms with E-state index in [1.165, 1.54) is 19.2 Å². The molecule has 2 aromatic heterocycles. The van der Waals surface area contributed by atoms with Crippen LogP contribution in [-0.4, -0.2) is 29.2 Å². The van der Waals surface area contributed by atoms with Crippen LogP contribution in [0.4, 0.5) is 11.4 Å². The molecule has 3 heterocycles. The second-order valence-corrected chi connectivity index (χ2v) is 8.43. The number of anilines is 1. The van der Waals surface area contributed by atoms with E-state index < -0.39 is 4.92 Å². The van der Waals surface area contributed by atoms with Gasteiger partial charge in [-0.1, -0.05) is 6.07 Å². The Morgan fingerprint density at radius 3 is 2.53 bits per heavy atom. The molecule has 0 bridgehead atoms. The molecule has 4 aromatic rings. The minimum absolute atomic E-state index is 0.0615. The van der Waals surface area contributed by atoms with E-state index in [2.05, 4.69) is 10.3 Å². The number of nitrogens with one attached hydrogen (secondary N) is 1. The van der Waals surface area contributed by atoms with Crippen LogP contribution in [0, 0.1) is 10.1 Å². The number of thiocarbonyl (C=S) groups is 1. The number of rotatable bonds is 7. The van der Waals surface area contributed by atoms with Crippen LogP contribution in [0.25, 0.3) is 11.3 Å². The molecule has 1 saturated heterocycles. The van der Waals surface area contributed by atoms with Gasteiger partial charge in [0.2, 0.25) is 0 Å². The molecule has 0 saturated carbocycles. The molecular weight excluding hydrogens is 480 g/mol. The van der Waals surface area contributed by atoms with Crippen molar-refractivity contribution in [2.45, 2.75) is 12.1 Å². The van der Waals surface area contributed by atoms with Gasteiger partial charge in [-0.2, -0.15) is 0 Å². The smallest absolute Gasteiger partial charge is 0.273 e. The van der Waals surface area contributed by atoms with E-state index in [9.17, 15) is 10.1 Å². The molecule has 2 atom stereocenters. The summed E-state index contributed by atoms with van der Waals surface area (Å²) >= 11 is 5.75. The number of aromatic nitrogens is 1. The summed E-state index contributed by atoms with van der Waals surface area (Å²) in [5.74, 6) is 2.24. The topological polar surface area (TPSA) is 103 Å². The molecule has 10 heteroatoms. The molecule has 2 aromatic carbocycles. The zero-order valence-electron chi connectivity index (χ0n) is 19.5. The van der Waals surface area contributed by atoms with E-state index in [0.29, 0.717) is 27.9 Å². The Morgan fingerprint density at radius 1 is 1.06 bits per heavy atom. The first-order valence-corrected chi connectivity index (χ1v) is 11.5. The summed E-state index contributed by atoms with van der Waals surface area (Å²) in [7, 11) is 3.09. The Balaban J connectivity index is 1.58. The lowest BCUT2D eigenvalue weighted by molar-refractivity contribution is -0.384. The maximum absolute atomic E-state index is 11.2. The normalized spacial score (nSPS) is 17.1. The van der Waals surface area contributed by atoms with Crippen LogP contribution >= 0.6 is 12.2 Å². The van der Waals surface area contributed by atoms with Gasteiger partial charge in [0.1, 0.15) is 29.1 Å². The minimum atomic E-state index is -0.463. The van der Waals surface area contributed by atoms with Gasteiger partial charge in [0.05, 0.1) is 42.5 Å². The lowest BCUT2D eigenvalue weighted by atomic mass is 10.0. The Morgan fingerprint density at radius 2 is 1.86 bits per heavy atom. The van der Waals surface area contributed by atoms with Crippen LogP contribution in [0.15, 0.2) is 83.4 Å². The predicted octanol–water partition coefficient (Wildman–Crippen LogP) is 5.44. The second kappa shape index (κ2) is 9.67. The quantitative estimate of drug-likeness (QED) is 0.201. The molecule has 36 heavy (non-hydrogen) atoms. The fourth-order valence-electron chi connectivity index (χ4n) is 4.32. The molecule has 1 aliphatic rings. The first-order chi connectivity index (χ1) is 17.5. The maximum atomic E-state index is 11.2. The summed E-state index contributed by atoms with van der Waals surface area (Å²) in [6.45, 7) is 0. The van der Waals surface area contributed by atoms with Gasteiger partial charge in [0, 0.05) is 18.0 Å². The van der Waals surface area contributed by atoms with Gasteiger partial charge in [-0.05, 0) is 66.8 Å². The molecule has 1 fully saturated rings. The molecule has 1 aliphatic heterocycles. The number of pyridine rings is 1. The van der Waals surface area contributed by atoms with Crippen molar-refractivity contribution in [3.8, 4) is 22.8 Å². The number of nitrogens with zero attached hydrogens (tertiary/aromatic N) is 3. The zero-order valence-corrected chi connectivity index (χ0v) is 20.3. The van der Waals surface area contributed by atoms with Crippen LogP contribution in [0.2, 0.25) is 0 Å². The van der Waals surface area contributed by atoms with Gasteiger partial charge in [-0.15, -0.1) is 0 Å². The van der Waals surface area contributed by atoms with Crippen molar-refractivity contribution < 1.29 is 18.8 Å². The maximum Gasteiger partial charge on any atom is 0.273 e. The summed E-state index contributed by atoms with van der Waals surface area (Å²) in [5, 5.41) is 15.1. The van der Waals surface area contributed by atoms with Gasteiger partial charge in [-0.3, -0.25) is 15.1 Å². The monoisotopic (exact) mass is 502 g/mol. The third-order valence-corrected chi connectivity index (χ3v) is 6.34. The van der Waals surface area contributed by atoms with Crippen LogP contribution in [0.3, 0.4) is 0 Å². The fraction of sp³-hybridized carbons (Fsp3) is 0.154. The summed E-state index contributed by atoms with van der Waals surface area (Å²) in [5.41, 5.74) is 2.22. The first kappa shape index (κ1) is 23.3. The highest BCUT2D eigenvalue weighted by Gasteiger charge is 2.42. The average molecular weight is 503 g/mol. The summed E-state index contributed by atoms with van der Waals surface area (Å²) in [6.07, 6.45) is 1.74. The number of hydrogen-bond acceptors (Lipinski definition) is 7. The average Bonchev–Trinajstić information content (AvgIpc) is 3.53. The largest absolute Gasteiger partial charge is 0.497 e. The molecule has 9 nitrogen and oxygen atoms in total. The SMILES string of the molecule is COc1ccc(N2C(=S)N[C@H](c3ccccn3)[C@H]2c2ccc(-c3ccc([N+](=O)[O-])cc3OC)o2)cc1. The lowest BCUT2D eigenvalue weighted by Gasteiger charge is -2.26. The van der Waals surface area contributed by atoms with Gasteiger partial charge < -0.3 is 24.1 Å². The van der Waals surface area contributed by atoms with E-state index in [4.69, 9.17) is 26.1 Å².